The normalized spacial score (nSPS) is 36.5. The van der Waals surface area contributed by atoms with Gasteiger partial charge in [0.05, 0.1) is 0 Å². The van der Waals surface area contributed by atoms with Crippen LogP contribution in [0.4, 0.5) is 0 Å². The summed E-state index contributed by atoms with van der Waals surface area (Å²) in [5.41, 5.74) is 0.164. The smallest absolute Gasteiger partial charge is 0.240 e. The Morgan fingerprint density at radius 1 is 1.55 bits per heavy atom. The Balaban J connectivity index is 2.77. The fourth-order valence-electron chi connectivity index (χ4n) is 2.02. The first kappa shape index (κ1) is 8.59. The van der Waals surface area contributed by atoms with Gasteiger partial charge in [0.15, 0.2) is 0 Å². The van der Waals surface area contributed by atoms with E-state index < -0.39 is 0 Å². The average molecular weight is 151 g/mol. The third-order valence-electron chi connectivity index (χ3n) is 3.06. The van der Waals surface area contributed by atoms with Crippen LogP contribution in [0.2, 0.25) is 0 Å². The van der Waals surface area contributed by atoms with Crippen LogP contribution in [0.3, 0.4) is 0 Å². The number of hydrogen-bond acceptors (Lipinski definition) is 0. The van der Waals surface area contributed by atoms with E-state index in [1.807, 2.05) is 0 Å². The van der Waals surface area contributed by atoms with Gasteiger partial charge in [-0.2, -0.15) is 0 Å². The van der Waals surface area contributed by atoms with Crippen molar-refractivity contribution in [3.8, 4) is 0 Å². The highest BCUT2D eigenvalue weighted by atomic mass is 14.9. The van der Waals surface area contributed by atoms with Gasteiger partial charge in [-0.1, -0.05) is 27.7 Å². The van der Waals surface area contributed by atoms with Crippen molar-refractivity contribution in [2.45, 2.75) is 46.1 Å². The Labute approximate surface area is 69.6 Å². The van der Waals surface area contributed by atoms with E-state index in [2.05, 4.69) is 32.5 Å². The molecule has 0 amide bonds. The lowest BCUT2D eigenvalue weighted by Crippen LogP contribution is -2.27. The summed E-state index contributed by atoms with van der Waals surface area (Å²) in [6, 6.07) is 0. The Morgan fingerprint density at radius 2 is 2.09 bits per heavy atom. The molecule has 0 aromatic carbocycles. The topological polar surface area (TPSA) is 4.36 Å². The molecule has 0 N–H and O–H groups in total. The van der Waals surface area contributed by atoms with Gasteiger partial charge in [-0.05, 0) is 6.42 Å². The molecule has 0 heterocycles. The largest absolute Gasteiger partial charge is 0.310 e. The zero-order valence-electron chi connectivity index (χ0n) is 7.94. The fourth-order valence-corrected chi connectivity index (χ4v) is 2.02. The molecule has 1 fully saturated rings. The fraction of sp³-hybridized carbons (Fsp3) is 0.900. The highest BCUT2D eigenvalue weighted by molar-refractivity contribution is 5.23. The van der Waals surface area contributed by atoms with Crippen molar-refractivity contribution in [3.05, 3.63) is 11.4 Å². The van der Waals surface area contributed by atoms with Crippen molar-refractivity contribution < 1.29 is 0 Å². The average Bonchev–Trinajstić information content (AvgIpc) is 2.60. The molecule has 1 saturated carbocycles. The molecule has 0 unspecified atom stereocenters. The molecule has 0 aromatic rings. The Hall–Kier alpha value is -0.510. The summed E-state index contributed by atoms with van der Waals surface area (Å²) >= 11 is 0. The van der Waals surface area contributed by atoms with Crippen molar-refractivity contribution >= 4 is 0 Å². The maximum Gasteiger partial charge on any atom is 0.240 e. The van der Waals surface area contributed by atoms with Crippen molar-refractivity contribution in [1.29, 1.82) is 0 Å². The Bertz CT molecular complexity index is 194. The quantitative estimate of drug-likeness (QED) is 0.507. The summed E-state index contributed by atoms with van der Waals surface area (Å²) in [6.07, 6.45) is 2.29. The predicted molar refractivity (Wildman–Crippen MR) is 47.2 cm³/mol. The van der Waals surface area contributed by atoms with E-state index in [9.17, 15) is 0 Å². The Kier molecular flexibility index (Phi) is 1.75. The second kappa shape index (κ2) is 2.24. The van der Waals surface area contributed by atoms with Crippen LogP contribution < -0.4 is 0 Å². The number of nitrogens with zero attached hydrogens (tertiary/aromatic N) is 1. The zero-order valence-corrected chi connectivity index (χ0v) is 7.94. The van der Waals surface area contributed by atoms with E-state index in [0.29, 0.717) is 5.92 Å². The molecule has 0 saturated heterocycles. The van der Waals surface area contributed by atoms with E-state index in [0.717, 1.165) is 6.42 Å². The van der Waals surface area contributed by atoms with Crippen LogP contribution in [0.25, 0.3) is 4.85 Å². The summed E-state index contributed by atoms with van der Waals surface area (Å²) < 4.78 is 0. The van der Waals surface area contributed by atoms with Gasteiger partial charge in [-0.25, -0.2) is 6.57 Å². The van der Waals surface area contributed by atoms with Crippen LogP contribution in [0.1, 0.15) is 40.5 Å². The second-order valence-electron chi connectivity index (χ2n) is 4.60. The maximum atomic E-state index is 7.18. The third kappa shape index (κ3) is 1.05. The molecule has 1 rings (SSSR count). The third-order valence-corrected chi connectivity index (χ3v) is 3.06. The van der Waals surface area contributed by atoms with Crippen LogP contribution in [0.5, 0.6) is 0 Å². The molecule has 2 atom stereocenters. The van der Waals surface area contributed by atoms with Gasteiger partial charge in [-0.3, -0.25) is 0 Å². The van der Waals surface area contributed by atoms with E-state index in [1.54, 1.807) is 0 Å². The summed E-state index contributed by atoms with van der Waals surface area (Å²) in [5.74, 6) is 0.667. The summed E-state index contributed by atoms with van der Waals surface area (Å²) in [6.45, 7) is 15.9. The van der Waals surface area contributed by atoms with Crippen molar-refractivity contribution in [2.75, 3.05) is 0 Å². The van der Waals surface area contributed by atoms with Gasteiger partial charge in [0.25, 0.3) is 0 Å². The summed E-state index contributed by atoms with van der Waals surface area (Å²) in [4.78, 5) is 3.81. The molecule has 0 aromatic heterocycles. The summed E-state index contributed by atoms with van der Waals surface area (Å²) in [5, 5.41) is 0. The van der Waals surface area contributed by atoms with E-state index in [-0.39, 0.29) is 11.0 Å². The molecule has 1 aliphatic rings. The first-order valence-electron chi connectivity index (χ1n) is 4.36. The molecular weight excluding hydrogens is 134 g/mol. The van der Waals surface area contributed by atoms with Gasteiger partial charge >= 0.3 is 0 Å². The van der Waals surface area contributed by atoms with Gasteiger partial charge < -0.3 is 4.85 Å². The zero-order chi connectivity index (χ0) is 8.70. The van der Waals surface area contributed by atoms with Crippen molar-refractivity contribution in [2.24, 2.45) is 11.3 Å². The van der Waals surface area contributed by atoms with E-state index in [4.69, 9.17) is 6.57 Å². The maximum absolute atomic E-state index is 7.18. The lowest BCUT2D eigenvalue weighted by atomic mass is 9.83. The highest BCUT2D eigenvalue weighted by Crippen LogP contribution is 2.59. The van der Waals surface area contributed by atoms with E-state index >= 15 is 0 Å². The standard InChI is InChI=1S/C10H17N/c1-6-8-7-10(8,11-5)9(2,3)4/h8H,6-7H2,1-4H3/t8-,10+/m0/s1. The first-order valence-corrected chi connectivity index (χ1v) is 4.36. The molecule has 0 radical (unpaired) electrons. The van der Waals surface area contributed by atoms with Gasteiger partial charge in [-0.15, -0.1) is 0 Å². The minimum Gasteiger partial charge on any atom is -0.310 e. The van der Waals surface area contributed by atoms with Gasteiger partial charge in [0, 0.05) is 17.8 Å². The minimum atomic E-state index is -0.0122. The van der Waals surface area contributed by atoms with Crippen LogP contribution in [-0.2, 0) is 0 Å². The molecular formula is C10H17N. The molecule has 1 heteroatoms. The second-order valence-corrected chi connectivity index (χ2v) is 4.60. The number of rotatable bonds is 1. The molecule has 0 bridgehead atoms. The molecule has 11 heavy (non-hydrogen) atoms. The lowest BCUT2D eigenvalue weighted by Gasteiger charge is -2.21. The van der Waals surface area contributed by atoms with Gasteiger partial charge in [0.2, 0.25) is 5.54 Å². The highest BCUT2D eigenvalue weighted by Gasteiger charge is 2.67. The molecule has 62 valence electrons. The van der Waals surface area contributed by atoms with Crippen LogP contribution in [0, 0.1) is 17.9 Å². The SMILES string of the molecule is [C-]#[N+][C@]1(C(C)(C)C)C[C@@H]1CC. The molecule has 0 aliphatic heterocycles. The molecule has 1 nitrogen and oxygen atoms in total. The van der Waals surface area contributed by atoms with Crippen LogP contribution in [-0.4, -0.2) is 5.54 Å². The van der Waals surface area contributed by atoms with Crippen LogP contribution >= 0.6 is 0 Å². The van der Waals surface area contributed by atoms with Crippen LogP contribution in [0.15, 0.2) is 0 Å². The molecule has 0 spiro atoms. The Morgan fingerprint density at radius 3 is 2.18 bits per heavy atom. The number of hydrogen-bond donors (Lipinski definition) is 0. The van der Waals surface area contributed by atoms with Gasteiger partial charge in [0.1, 0.15) is 0 Å². The van der Waals surface area contributed by atoms with E-state index in [1.165, 1.54) is 6.42 Å². The summed E-state index contributed by atoms with van der Waals surface area (Å²) in [7, 11) is 0. The first-order chi connectivity index (χ1) is 4.98. The van der Waals surface area contributed by atoms with Crippen molar-refractivity contribution in [1.82, 2.24) is 0 Å². The lowest BCUT2D eigenvalue weighted by molar-refractivity contribution is 0.318. The van der Waals surface area contributed by atoms with Crippen molar-refractivity contribution in [3.63, 3.8) is 0 Å². The monoisotopic (exact) mass is 151 g/mol. The minimum absolute atomic E-state index is 0.0122. The predicted octanol–water partition coefficient (Wildman–Crippen LogP) is 3.12. The molecule has 1 aliphatic carbocycles.